The highest BCUT2D eigenvalue weighted by molar-refractivity contribution is 5.76. The lowest BCUT2D eigenvalue weighted by atomic mass is 10.0. The zero-order valence-electron chi connectivity index (χ0n) is 6.10. The molecule has 0 aromatic carbocycles. The number of nitrogens with one attached hydrogen (secondary N) is 1. The maximum Gasteiger partial charge on any atom is 0.220 e. The molecular weight excluding hydrogens is 128 g/mol. The monoisotopic (exact) mass is 142 g/mol. The number of carbonyl (C=O) groups excluding carboxylic acids is 1. The van der Waals surface area contributed by atoms with Gasteiger partial charge < -0.3 is 11.1 Å². The van der Waals surface area contributed by atoms with Crippen LogP contribution in [0.3, 0.4) is 0 Å². The van der Waals surface area contributed by atoms with Gasteiger partial charge in [0.2, 0.25) is 5.91 Å². The van der Waals surface area contributed by atoms with E-state index < -0.39 is 0 Å². The third-order valence-corrected chi connectivity index (χ3v) is 1.98. The first kappa shape index (κ1) is 7.54. The molecule has 1 amide bonds. The summed E-state index contributed by atoms with van der Waals surface area (Å²) < 4.78 is 0. The molecule has 0 aromatic heterocycles. The number of rotatable bonds is 1. The summed E-state index contributed by atoms with van der Waals surface area (Å²) in [5.41, 5.74) is 5.17. The molecule has 58 valence electrons. The molecule has 0 aromatic rings. The number of hydrogen-bond donors (Lipinski definition) is 2. The zero-order valence-corrected chi connectivity index (χ0v) is 6.10. The first-order chi connectivity index (χ1) is 4.80. The first-order valence-corrected chi connectivity index (χ1v) is 3.81. The van der Waals surface area contributed by atoms with Crippen LogP contribution in [0.1, 0.15) is 19.3 Å². The Labute approximate surface area is 61.0 Å². The van der Waals surface area contributed by atoms with Gasteiger partial charge in [0.25, 0.3) is 0 Å². The summed E-state index contributed by atoms with van der Waals surface area (Å²) >= 11 is 0. The van der Waals surface area contributed by atoms with Crippen molar-refractivity contribution in [3.05, 3.63) is 0 Å². The molecule has 1 rings (SSSR count). The van der Waals surface area contributed by atoms with E-state index in [9.17, 15) is 4.79 Å². The van der Waals surface area contributed by atoms with E-state index in [1.165, 1.54) is 0 Å². The quantitative estimate of drug-likeness (QED) is 0.535. The second-order valence-electron chi connectivity index (χ2n) is 2.78. The highest BCUT2D eigenvalue weighted by Crippen LogP contribution is 2.11. The molecule has 3 nitrogen and oxygen atoms in total. The van der Waals surface area contributed by atoms with Gasteiger partial charge in [-0.1, -0.05) is 0 Å². The van der Waals surface area contributed by atoms with Crippen molar-refractivity contribution in [3.63, 3.8) is 0 Å². The van der Waals surface area contributed by atoms with Crippen LogP contribution in [0.25, 0.3) is 0 Å². The summed E-state index contributed by atoms with van der Waals surface area (Å²) in [6.45, 7) is 1.97. The number of primary amides is 1. The Morgan fingerprint density at radius 2 is 2.20 bits per heavy atom. The van der Waals surface area contributed by atoms with Crippen LogP contribution in [-0.2, 0) is 4.79 Å². The molecule has 0 spiro atoms. The molecule has 1 saturated heterocycles. The topological polar surface area (TPSA) is 55.1 Å². The van der Waals surface area contributed by atoms with Gasteiger partial charge in [-0.25, -0.2) is 0 Å². The molecule has 0 aliphatic carbocycles. The summed E-state index contributed by atoms with van der Waals surface area (Å²) in [7, 11) is 0. The zero-order chi connectivity index (χ0) is 7.40. The third kappa shape index (κ3) is 1.99. The minimum Gasteiger partial charge on any atom is -0.369 e. The molecule has 0 radical (unpaired) electrons. The second-order valence-corrected chi connectivity index (χ2v) is 2.78. The van der Waals surface area contributed by atoms with Crippen molar-refractivity contribution in [2.75, 3.05) is 13.1 Å². The third-order valence-electron chi connectivity index (χ3n) is 1.98. The Hall–Kier alpha value is -0.570. The van der Waals surface area contributed by atoms with Crippen LogP contribution in [-0.4, -0.2) is 19.0 Å². The summed E-state index contributed by atoms with van der Waals surface area (Å²) in [6, 6.07) is 0. The average molecular weight is 142 g/mol. The molecule has 1 unspecified atom stereocenters. The van der Waals surface area contributed by atoms with E-state index in [0.29, 0.717) is 0 Å². The lowest BCUT2D eigenvalue weighted by Gasteiger charge is -2.06. The normalized spacial score (nSPS) is 27.4. The minimum absolute atomic E-state index is 0.120. The van der Waals surface area contributed by atoms with Gasteiger partial charge in [0.05, 0.1) is 0 Å². The summed E-state index contributed by atoms with van der Waals surface area (Å²) in [6.07, 6.45) is 2.95. The van der Waals surface area contributed by atoms with Crippen LogP contribution in [0.15, 0.2) is 0 Å². The van der Waals surface area contributed by atoms with Gasteiger partial charge >= 0.3 is 0 Å². The maximum absolute atomic E-state index is 10.7. The highest BCUT2D eigenvalue weighted by Gasteiger charge is 2.16. The Morgan fingerprint density at radius 1 is 1.40 bits per heavy atom. The smallest absolute Gasteiger partial charge is 0.220 e. The Morgan fingerprint density at radius 3 is 2.90 bits per heavy atom. The molecule has 3 heteroatoms. The average Bonchev–Trinajstić information content (AvgIpc) is 2.12. The van der Waals surface area contributed by atoms with Crippen molar-refractivity contribution in [3.8, 4) is 0 Å². The second kappa shape index (κ2) is 3.56. The van der Waals surface area contributed by atoms with E-state index in [4.69, 9.17) is 5.73 Å². The standard InChI is InChI=1S/C7H14N2O/c8-7(10)6-2-1-4-9-5-3-6/h6,9H,1-5H2,(H2,8,10). The molecule has 0 bridgehead atoms. The van der Waals surface area contributed by atoms with Crippen molar-refractivity contribution < 1.29 is 4.79 Å². The molecular formula is C7H14N2O. The lowest BCUT2D eigenvalue weighted by molar-refractivity contribution is -0.122. The van der Waals surface area contributed by atoms with Crippen LogP contribution in [0.4, 0.5) is 0 Å². The Balaban J connectivity index is 2.35. The van der Waals surface area contributed by atoms with Crippen molar-refractivity contribution in [1.82, 2.24) is 5.32 Å². The van der Waals surface area contributed by atoms with Crippen molar-refractivity contribution in [2.24, 2.45) is 11.7 Å². The molecule has 10 heavy (non-hydrogen) atoms. The van der Waals surface area contributed by atoms with E-state index in [2.05, 4.69) is 5.32 Å². The molecule has 1 aliphatic heterocycles. The molecule has 3 N–H and O–H groups in total. The predicted molar refractivity (Wildman–Crippen MR) is 39.4 cm³/mol. The maximum atomic E-state index is 10.7. The lowest BCUT2D eigenvalue weighted by Crippen LogP contribution is -2.24. The fraction of sp³-hybridized carbons (Fsp3) is 0.857. The Bertz CT molecular complexity index is 117. The SMILES string of the molecule is NC(=O)C1CCCNCC1. The van der Waals surface area contributed by atoms with Gasteiger partial charge in [0, 0.05) is 5.92 Å². The summed E-state index contributed by atoms with van der Waals surface area (Å²) in [5, 5.41) is 3.22. The molecule has 0 saturated carbocycles. The van der Waals surface area contributed by atoms with E-state index in [0.717, 1.165) is 32.4 Å². The van der Waals surface area contributed by atoms with Crippen LogP contribution in [0, 0.1) is 5.92 Å². The Kier molecular flexibility index (Phi) is 2.68. The van der Waals surface area contributed by atoms with Gasteiger partial charge in [-0.15, -0.1) is 0 Å². The molecule has 1 fully saturated rings. The van der Waals surface area contributed by atoms with Crippen LogP contribution in [0.2, 0.25) is 0 Å². The van der Waals surface area contributed by atoms with Gasteiger partial charge in [-0.2, -0.15) is 0 Å². The van der Waals surface area contributed by atoms with Crippen molar-refractivity contribution in [1.29, 1.82) is 0 Å². The first-order valence-electron chi connectivity index (χ1n) is 3.81. The van der Waals surface area contributed by atoms with Crippen molar-refractivity contribution in [2.45, 2.75) is 19.3 Å². The van der Waals surface area contributed by atoms with Crippen LogP contribution >= 0.6 is 0 Å². The minimum atomic E-state index is -0.135. The number of nitrogens with two attached hydrogens (primary N) is 1. The number of amides is 1. The van der Waals surface area contributed by atoms with E-state index in [-0.39, 0.29) is 11.8 Å². The van der Waals surface area contributed by atoms with Gasteiger partial charge in [-0.05, 0) is 32.4 Å². The fourth-order valence-electron chi connectivity index (χ4n) is 1.30. The van der Waals surface area contributed by atoms with Crippen molar-refractivity contribution >= 4 is 5.91 Å². The fourth-order valence-corrected chi connectivity index (χ4v) is 1.30. The van der Waals surface area contributed by atoms with E-state index >= 15 is 0 Å². The van der Waals surface area contributed by atoms with Crippen LogP contribution in [0.5, 0.6) is 0 Å². The largest absolute Gasteiger partial charge is 0.369 e. The number of hydrogen-bond acceptors (Lipinski definition) is 2. The van der Waals surface area contributed by atoms with Gasteiger partial charge in [0.15, 0.2) is 0 Å². The van der Waals surface area contributed by atoms with Gasteiger partial charge in [0.1, 0.15) is 0 Å². The van der Waals surface area contributed by atoms with Crippen LogP contribution < -0.4 is 11.1 Å². The van der Waals surface area contributed by atoms with Gasteiger partial charge in [-0.3, -0.25) is 4.79 Å². The molecule has 1 aliphatic rings. The molecule has 1 heterocycles. The predicted octanol–water partition coefficient (Wildman–Crippen LogP) is -0.139. The highest BCUT2D eigenvalue weighted by atomic mass is 16.1. The summed E-state index contributed by atoms with van der Waals surface area (Å²) in [4.78, 5) is 10.7. The summed E-state index contributed by atoms with van der Waals surface area (Å²) in [5.74, 6) is -0.0151. The molecule has 1 atom stereocenters. The van der Waals surface area contributed by atoms with E-state index in [1.807, 2.05) is 0 Å². The number of carbonyl (C=O) groups is 1. The van der Waals surface area contributed by atoms with E-state index in [1.54, 1.807) is 0 Å².